The third-order valence-corrected chi connectivity index (χ3v) is 2.93. The smallest absolute Gasteiger partial charge is 0.275 e. The van der Waals surface area contributed by atoms with Gasteiger partial charge in [-0.1, -0.05) is 11.6 Å². The van der Waals surface area contributed by atoms with Gasteiger partial charge in [-0.15, -0.1) is 0 Å². The van der Waals surface area contributed by atoms with E-state index in [-0.39, 0.29) is 10.7 Å². The number of rotatable bonds is 5. The van der Waals surface area contributed by atoms with Crippen molar-refractivity contribution in [1.29, 1.82) is 0 Å². The SMILES string of the molecule is CCNc1ccc(Cl)c(C(=O)Nc2ccc(OC)nc2)n1. The lowest BCUT2D eigenvalue weighted by Crippen LogP contribution is -2.15. The van der Waals surface area contributed by atoms with Gasteiger partial charge in [-0.2, -0.15) is 0 Å². The normalized spacial score (nSPS) is 10.0. The number of carbonyl (C=O) groups is 1. The molecule has 2 rings (SSSR count). The molecule has 0 spiro atoms. The zero-order valence-corrected chi connectivity index (χ0v) is 12.4. The minimum atomic E-state index is -0.397. The van der Waals surface area contributed by atoms with Crippen LogP contribution in [0.1, 0.15) is 17.4 Å². The summed E-state index contributed by atoms with van der Waals surface area (Å²) >= 11 is 6.02. The number of methoxy groups -OCH3 is 1. The van der Waals surface area contributed by atoms with E-state index >= 15 is 0 Å². The summed E-state index contributed by atoms with van der Waals surface area (Å²) in [5, 5.41) is 6.01. The molecule has 2 heterocycles. The first kappa shape index (κ1) is 15.1. The molecule has 110 valence electrons. The molecule has 0 aliphatic heterocycles. The maximum absolute atomic E-state index is 12.2. The van der Waals surface area contributed by atoms with Crippen LogP contribution in [0.5, 0.6) is 5.88 Å². The third kappa shape index (κ3) is 3.82. The van der Waals surface area contributed by atoms with Crippen LogP contribution in [0.15, 0.2) is 30.5 Å². The second-order valence-corrected chi connectivity index (χ2v) is 4.51. The van der Waals surface area contributed by atoms with Crippen LogP contribution >= 0.6 is 11.6 Å². The number of nitrogens with zero attached hydrogens (tertiary/aromatic N) is 2. The van der Waals surface area contributed by atoms with E-state index in [4.69, 9.17) is 16.3 Å². The molecular formula is C14H15ClN4O2. The minimum absolute atomic E-state index is 0.158. The summed E-state index contributed by atoms with van der Waals surface area (Å²) in [4.78, 5) is 20.4. The highest BCUT2D eigenvalue weighted by Crippen LogP contribution is 2.19. The predicted molar refractivity (Wildman–Crippen MR) is 82.2 cm³/mol. The fourth-order valence-corrected chi connectivity index (χ4v) is 1.84. The van der Waals surface area contributed by atoms with Crippen molar-refractivity contribution in [3.63, 3.8) is 0 Å². The van der Waals surface area contributed by atoms with Crippen molar-refractivity contribution >= 4 is 29.0 Å². The summed E-state index contributed by atoms with van der Waals surface area (Å²) < 4.78 is 4.95. The molecule has 2 aromatic rings. The summed E-state index contributed by atoms with van der Waals surface area (Å²) in [5.41, 5.74) is 0.693. The number of hydrogen-bond acceptors (Lipinski definition) is 5. The highest BCUT2D eigenvalue weighted by molar-refractivity contribution is 6.34. The molecule has 0 aliphatic carbocycles. The van der Waals surface area contributed by atoms with Crippen molar-refractivity contribution in [1.82, 2.24) is 9.97 Å². The molecule has 0 bridgehead atoms. The van der Waals surface area contributed by atoms with E-state index in [0.717, 1.165) is 0 Å². The first-order valence-corrected chi connectivity index (χ1v) is 6.73. The van der Waals surface area contributed by atoms with Crippen LogP contribution in [0, 0.1) is 0 Å². The number of nitrogens with one attached hydrogen (secondary N) is 2. The van der Waals surface area contributed by atoms with Crippen molar-refractivity contribution in [2.24, 2.45) is 0 Å². The van der Waals surface area contributed by atoms with Gasteiger partial charge in [-0.3, -0.25) is 4.79 Å². The number of halogens is 1. The quantitative estimate of drug-likeness (QED) is 0.888. The van der Waals surface area contributed by atoms with Crippen LogP contribution in [0.4, 0.5) is 11.5 Å². The van der Waals surface area contributed by atoms with Crippen molar-refractivity contribution in [2.75, 3.05) is 24.3 Å². The van der Waals surface area contributed by atoms with Crippen LogP contribution < -0.4 is 15.4 Å². The van der Waals surface area contributed by atoms with E-state index in [0.29, 0.717) is 23.9 Å². The van der Waals surface area contributed by atoms with Crippen LogP contribution in [-0.4, -0.2) is 29.5 Å². The Bertz CT molecular complexity index is 631. The number of aromatic nitrogens is 2. The molecule has 0 aliphatic rings. The average Bonchev–Trinajstić information content (AvgIpc) is 2.50. The Morgan fingerprint density at radius 3 is 2.76 bits per heavy atom. The maximum atomic E-state index is 12.2. The first-order valence-electron chi connectivity index (χ1n) is 6.36. The molecule has 0 aromatic carbocycles. The van der Waals surface area contributed by atoms with E-state index in [1.165, 1.54) is 13.3 Å². The lowest BCUT2D eigenvalue weighted by Gasteiger charge is -2.08. The second kappa shape index (κ2) is 6.90. The number of hydrogen-bond donors (Lipinski definition) is 2. The molecule has 0 radical (unpaired) electrons. The average molecular weight is 307 g/mol. The van der Waals surface area contributed by atoms with E-state index in [2.05, 4.69) is 20.6 Å². The lowest BCUT2D eigenvalue weighted by atomic mass is 10.3. The van der Waals surface area contributed by atoms with Crippen molar-refractivity contribution in [3.8, 4) is 5.88 Å². The van der Waals surface area contributed by atoms with Gasteiger partial charge in [0.15, 0.2) is 0 Å². The zero-order valence-electron chi connectivity index (χ0n) is 11.7. The van der Waals surface area contributed by atoms with Gasteiger partial charge in [-0.05, 0) is 25.1 Å². The molecule has 0 saturated heterocycles. The number of ether oxygens (including phenoxy) is 1. The zero-order chi connectivity index (χ0) is 15.2. The lowest BCUT2D eigenvalue weighted by molar-refractivity contribution is 0.102. The van der Waals surface area contributed by atoms with Crippen LogP contribution in [0.3, 0.4) is 0 Å². The van der Waals surface area contributed by atoms with Gasteiger partial charge >= 0.3 is 0 Å². The summed E-state index contributed by atoms with van der Waals surface area (Å²) in [7, 11) is 1.52. The summed E-state index contributed by atoms with van der Waals surface area (Å²) in [6.45, 7) is 2.65. The van der Waals surface area contributed by atoms with E-state index in [1.807, 2.05) is 6.92 Å². The molecule has 0 atom stereocenters. The number of pyridine rings is 2. The highest BCUT2D eigenvalue weighted by atomic mass is 35.5. The van der Waals surface area contributed by atoms with E-state index in [1.54, 1.807) is 24.3 Å². The molecule has 6 nitrogen and oxygen atoms in total. The van der Waals surface area contributed by atoms with Crippen LogP contribution in [-0.2, 0) is 0 Å². The summed E-state index contributed by atoms with van der Waals surface area (Å²) in [6, 6.07) is 6.69. The largest absolute Gasteiger partial charge is 0.481 e. The Balaban J connectivity index is 2.17. The van der Waals surface area contributed by atoms with E-state index < -0.39 is 5.91 Å². The summed E-state index contributed by atoms with van der Waals surface area (Å²) in [6.07, 6.45) is 1.50. The molecule has 0 unspecified atom stereocenters. The Morgan fingerprint density at radius 1 is 1.33 bits per heavy atom. The van der Waals surface area contributed by atoms with Gasteiger partial charge in [0.2, 0.25) is 5.88 Å². The molecule has 7 heteroatoms. The minimum Gasteiger partial charge on any atom is -0.481 e. The fourth-order valence-electron chi connectivity index (χ4n) is 1.65. The second-order valence-electron chi connectivity index (χ2n) is 4.10. The van der Waals surface area contributed by atoms with Gasteiger partial charge in [-0.25, -0.2) is 9.97 Å². The predicted octanol–water partition coefficient (Wildman–Crippen LogP) is 2.82. The molecule has 0 fully saturated rings. The molecular weight excluding hydrogens is 292 g/mol. The molecule has 21 heavy (non-hydrogen) atoms. The molecule has 1 amide bonds. The molecule has 0 saturated carbocycles. The summed E-state index contributed by atoms with van der Waals surface area (Å²) in [5.74, 6) is 0.671. The van der Waals surface area contributed by atoms with Gasteiger partial charge < -0.3 is 15.4 Å². The first-order chi connectivity index (χ1) is 10.1. The van der Waals surface area contributed by atoms with Gasteiger partial charge in [0.05, 0.1) is 24.0 Å². The number of carbonyl (C=O) groups excluding carboxylic acids is 1. The van der Waals surface area contributed by atoms with Crippen LogP contribution in [0.2, 0.25) is 5.02 Å². The fraction of sp³-hybridized carbons (Fsp3) is 0.214. The Labute approximate surface area is 127 Å². The molecule has 2 N–H and O–H groups in total. The van der Waals surface area contributed by atoms with Crippen molar-refractivity contribution in [3.05, 3.63) is 41.2 Å². The number of anilines is 2. The highest BCUT2D eigenvalue weighted by Gasteiger charge is 2.13. The van der Waals surface area contributed by atoms with Gasteiger partial charge in [0.25, 0.3) is 5.91 Å². The Hall–Kier alpha value is -2.34. The maximum Gasteiger partial charge on any atom is 0.275 e. The number of amides is 1. The topological polar surface area (TPSA) is 76.1 Å². The van der Waals surface area contributed by atoms with E-state index in [9.17, 15) is 4.79 Å². The van der Waals surface area contributed by atoms with Crippen molar-refractivity contribution < 1.29 is 9.53 Å². The molecule has 2 aromatic heterocycles. The van der Waals surface area contributed by atoms with Crippen LogP contribution in [0.25, 0.3) is 0 Å². The van der Waals surface area contributed by atoms with Crippen molar-refractivity contribution in [2.45, 2.75) is 6.92 Å². The van der Waals surface area contributed by atoms with Gasteiger partial charge in [0, 0.05) is 12.6 Å². The Kier molecular flexibility index (Phi) is 4.94. The standard InChI is InChI=1S/C14H15ClN4O2/c1-3-16-11-6-5-10(15)13(19-11)14(20)18-9-4-7-12(21-2)17-8-9/h4-8H,3H2,1-2H3,(H,16,19)(H,18,20). The van der Waals surface area contributed by atoms with Gasteiger partial charge in [0.1, 0.15) is 11.5 Å². The third-order valence-electron chi connectivity index (χ3n) is 2.62. The Morgan fingerprint density at radius 2 is 2.14 bits per heavy atom. The monoisotopic (exact) mass is 306 g/mol.